The van der Waals surface area contributed by atoms with Crippen LogP contribution in [0.4, 0.5) is 0 Å². The first-order valence-corrected chi connectivity index (χ1v) is 4.15. The van der Waals surface area contributed by atoms with Gasteiger partial charge < -0.3 is 23.8 Å². The van der Waals surface area contributed by atoms with Crippen molar-refractivity contribution < 1.29 is 58.0 Å². The van der Waals surface area contributed by atoms with Crippen LogP contribution in [0.25, 0.3) is 0 Å². The van der Waals surface area contributed by atoms with E-state index in [0.717, 1.165) is 0 Å². The van der Waals surface area contributed by atoms with Gasteiger partial charge in [-0.3, -0.25) is 4.57 Å². The summed E-state index contributed by atoms with van der Waals surface area (Å²) in [6.45, 7) is -0.503. The van der Waals surface area contributed by atoms with Gasteiger partial charge in [0.25, 0.3) is 7.82 Å². The summed E-state index contributed by atoms with van der Waals surface area (Å²) in [5.41, 5.74) is 0. The summed E-state index contributed by atoms with van der Waals surface area (Å²) in [6, 6.07) is 0. The molecule has 0 aromatic rings. The van der Waals surface area contributed by atoms with E-state index in [2.05, 4.69) is 9.26 Å². The molecule has 0 aromatic carbocycles. The predicted molar refractivity (Wildman–Crippen MR) is 32.6 cm³/mol. The van der Waals surface area contributed by atoms with Crippen LogP contribution < -0.4 is 34.5 Å². The summed E-state index contributed by atoms with van der Waals surface area (Å²) in [5, 5.41) is 0. The van der Waals surface area contributed by atoms with E-state index < -0.39 is 20.5 Å². The standard InChI is InChI=1S/C4H9O6P.Na/c1-9-4(2-5)3-10-11(6,7)8;/h2,4H,3H2,1H3,(H2,6,7,8);/q;+1/p-1. The molecule has 0 aliphatic heterocycles. The van der Waals surface area contributed by atoms with E-state index in [1.165, 1.54) is 7.11 Å². The van der Waals surface area contributed by atoms with Gasteiger partial charge in [0.1, 0.15) is 6.10 Å². The zero-order valence-corrected chi connectivity index (χ0v) is 9.69. The fourth-order valence-corrected chi connectivity index (χ4v) is 0.666. The molecule has 0 radical (unpaired) electrons. The van der Waals surface area contributed by atoms with Crippen molar-refractivity contribution in [1.82, 2.24) is 0 Å². The summed E-state index contributed by atoms with van der Waals surface area (Å²) < 4.78 is 18.3. The molecule has 0 spiro atoms. The van der Waals surface area contributed by atoms with Crippen molar-refractivity contribution in [2.75, 3.05) is 13.7 Å². The van der Waals surface area contributed by atoms with Crippen LogP contribution in [0.15, 0.2) is 0 Å². The van der Waals surface area contributed by atoms with Crippen LogP contribution >= 0.6 is 7.82 Å². The Labute approximate surface area is 91.8 Å². The summed E-state index contributed by atoms with van der Waals surface area (Å²) in [5.74, 6) is 0. The minimum absolute atomic E-state index is 0. The van der Waals surface area contributed by atoms with Crippen molar-refractivity contribution in [3.05, 3.63) is 0 Å². The number of aldehydes is 1. The molecule has 0 amide bonds. The van der Waals surface area contributed by atoms with Gasteiger partial charge in [0, 0.05) is 7.11 Å². The molecular formula is C4H8NaO6P. The van der Waals surface area contributed by atoms with Crippen LogP contribution in [0.3, 0.4) is 0 Å². The van der Waals surface area contributed by atoms with Gasteiger partial charge in [-0.2, -0.15) is 0 Å². The van der Waals surface area contributed by atoms with Crippen LogP contribution in [-0.2, 0) is 18.6 Å². The minimum atomic E-state index is -4.73. The average molecular weight is 206 g/mol. The third-order valence-electron chi connectivity index (χ3n) is 0.856. The average Bonchev–Trinajstić information content (AvgIpc) is 1.88. The Morgan fingerprint density at radius 3 is 2.50 bits per heavy atom. The first-order valence-electron chi connectivity index (χ1n) is 2.66. The molecule has 2 atom stereocenters. The molecule has 1 N–H and O–H groups in total. The molecule has 0 saturated heterocycles. The van der Waals surface area contributed by atoms with Gasteiger partial charge in [0.05, 0.1) is 6.61 Å². The van der Waals surface area contributed by atoms with Crippen molar-refractivity contribution in [3.63, 3.8) is 0 Å². The molecule has 12 heavy (non-hydrogen) atoms. The van der Waals surface area contributed by atoms with Crippen molar-refractivity contribution in [1.29, 1.82) is 0 Å². The summed E-state index contributed by atoms with van der Waals surface area (Å²) >= 11 is 0. The normalized spacial score (nSPS) is 17.2. The number of phosphoric ester groups is 1. The fraction of sp³-hybridized carbons (Fsp3) is 0.750. The molecule has 6 nitrogen and oxygen atoms in total. The molecule has 0 heterocycles. The second kappa shape index (κ2) is 7.17. The van der Waals surface area contributed by atoms with Crippen LogP contribution in [-0.4, -0.2) is 31.0 Å². The number of carbonyl (C=O) groups excluding carboxylic acids is 1. The second-order valence-electron chi connectivity index (χ2n) is 1.67. The zero-order chi connectivity index (χ0) is 8.91. The molecule has 0 fully saturated rings. The first kappa shape index (κ1) is 15.2. The maximum atomic E-state index is 9.97. The molecule has 0 saturated carbocycles. The van der Waals surface area contributed by atoms with Crippen LogP contribution in [0.1, 0.15) is 0 Å². The molecule has 8 heteroatoms. The van der Waals surface area contributed by atoms with Gasteiger partial charge in [0.15, 0.2) is 6.29 Å². The largest absolute Gasteiger partial charge is 1.00 e. The third kappa shape index (κ3) is 8.83. The Balaban J connectivity index is 0. The monoisotopic (exact) mass is 206 g/mol. The topological polar surface area (TPSA) is 95.9 Å². The predicted octanol–water partition coefficient (Wildman–Crippen LogP) is -4.32. The fourth-order valence-electron chi connectivity index (χ4n) is 0.331. The molecule has 0 rings (SSSR count). The molecule has 0 aromatic heterocycles. The van der Waals surface area contributed by atoms with Gasteiger partial charge in [-0.05, 0) is 0 Å². The Kier molecular flexibility index (Phi) is 9.10. The molecule has 2 unspecified atom stereocenters. The molecule has 66 valence electrons. The number of ether oxygens (including phenoxy) is 1. The van der Waals surface area contributed by atoms with Crippen LogP contribution in [0.2, 0.25) is 0 Å². The maximum Gasteiger partial charge on any atom is 1.00 e. The Hall–Kier alpha value is 0.740. The minimum Gasteiger partial charge on any atom is -0.756 e. The van der Waals surface area contributed by atoms with E-state index in [1.807, 2.05) is 0 Å². The van der Waals surface area contributed by atoms with E-state index in [0.29, 0.717) is 6.29 Å². The van der Waals surface area contributed by atoms with Crippen LogP contribution in [0.5, 0.6) is 0 Å². The second-order valence-corrected chi connectivity index (χ2v) is 2.87. The van der Waals surface area contributed by atoms with Gasteiger partial charge in [-0.1, -0.05) is 0 Å². The number of hydrogen-bond acceptors (Lipinski definition) is 5. The van der Waals surface area contributed by atoms with E-state index in [4.69, 9.17) is 4.89 Å². The van der Waals surface area contributed by atoms with Crippen molar-refractivity contribution in [3.8, 4) is 0 Å². The van der Waals surface area contributed by atoms with Crippen molar-refractivity contribution in [2.24, 2.45) is 0 Å². The number of rotatable bonds is 5. The number of phosphoric acid groups is 1. The Morgan fingerprint density at radius 1 is 1.75 bits per heavy atom. The number of carbonyl (C=O) groups is 1. The van der Waals surface area contributed by atoms with Crippen molar-refractivity contribution >= 4 is 14.1 Å². The molecule has 0 aliphatic carbocycles. The quantitative estimate of drug-likeness (QED) is 0.277. The van der Waals surface area contributed by atoms with E-state index >= 15 is 0 Å². The van der Waals surface area contributed by atoms with Gasteiger partial charge in [-0.25, -0.2) is 0 Å². The number of hydrogen-bond donors (Lipinski definition) is 1. The first-order chi connectivity index (χ1) is 4.99. The Bertz CT molecular complexity index is 167. The third-order valence-corrected chi connectivity index (χ3v) is 1.33. The van der Waals surface area contributed by atoms with Gasteiger partial charge >= 0.3 is 29.6 Å². The van der Waals surface area contributed by atoms with E-state index in [-0.39, 0.29) is 29.6 Å². The maximum absolute atomic E-state index is 9.97. The van der Waals surface area contributed by atoms with E-state index in [9.17, 15) is 14.3 Å². The Morgan fingerprint density at radius 2 is 2.25 bits per heavy atom. The molecule has 0 aliphatic rings. The molecule has 0 bridgehead atoms. The summed E-state index contributed by atoms with van der Waals surface area (Å²) in [4.78, 5) is 28.0. The zero-order valence-electron chi connectivity index (χ0n) is 6.80. The molecular weight excluding hydrogens is 198 g/mol. The number of methoxy groups -OCH3 is 1. The van der Waals surface area contributed by atoms with Gasteiger partial charge in [-0.15, -0.1) is 0 Å². The van der Waals surface area contributed by atoms with Crippen LogP contribution in [0, 0.1) is 0 Å². The van der Waals surface area contributed by atoms with Crippen molar-refractivity contribution in [2.45, 2.75) is 6.10 Å². The summed E-state index contributed by atoms with van der Waals surface area (Å²) in [7, 11) is -3.52. The SMILES string of the molecule is COC(C=O)COP(=O)([O-])O.[Na+]. The van der Waals surface area contributed by atoms with E-state index in [1.54, 1.807) is 0 Å². The summed E-state index contributed by atoms with van der Waals surface area (Å²) in [6.07, 6.45) is -0.597. The van der Waals surface area contributed by atoms with Gasteiger partial charge in [0.2, 0.25) is 0 Å². The smallest absolute Gasteiger partial charge is 0.756 e.